The summed E-state index contributed by atoms with van der Waals surface area (Å²) in [5.41, 5.74) is 3.01. The molecule has 0 heterocycles. The maximum Gasteiger partial charge on any atom is 0.425 e. The van der Waals surface area contributed by atoms with Gasteiger partial charge in [-0.25, -0.2) is 4.79 Å². The van der Waals surface area contributed by atoms with Gasteiger partial charge in [-0.2, -0.15) is 13.2 Å². The van der Waals surface area contributed by atoms with E-state index in [0.29, 0.717) is 32.3 Å². The van der Waals surface area contributed by atoms with E-state index in [0.717, 1.165) is 29.5 Å². The number of hydrogen-bond donors (Lipinski definition) is 0. The van der Waals surface area contributed by atoms with E-state index in [-0.39, 0.29) is 17.7 Å². The van der Waals surface area contributed by atoms with Gasteiger partial charge in [-0.05, 0) is 66.6 Å². The molecule has 0 bridgehead atoms. The van der Waals surface area contributed by atoms with Crippen LogP contribution in [0.15, 0.2) is 78.9 Å². The fourth-order valence-corrected chi connectivity index (χ4v) is 5.02. The molecular weight excluding hydrogens is 533 g/mol. The third kappa shape index (κ3) is 8.43. The number of halogens is 3. The first-order chi connectivity index (χ1) is 19.8. The van der Waals surface area contributed by atoms with E-state index in [4.69, 9.17) is 14.2 Å². The van der Waals surface area contributed by atoms with Gasteiger partial charge in [0.15, 0.2) is 6.10 Å². The van der Waals surface area contributed by atoms with Gasteiger partial charge >= 0.3 is 18.1 Å². The summed E-state index contributed by atoms with van der Waals surface area (Å²) in [6.45, 7) is 2.30. The Morgan fingerprint density at radius 1 is 0.902 bits per heavy atom. The minimum Gasteiger partial charge on any atom is -0.449 e. The molecule has 0 spiro atoms. The van der Waals surface area contributed by atoms with E-state index in [1.165, 1.54) is 24.3 Å². The van der Waals surface area contributed by atoms with Crippen LogP contribution in [-0.2, 0) is 27.3 Å². The summed E-state index contributed by atoms with van der Waals surface area (Å²) in [5.74, 6) is -1.92. The predicted octanol–water partition coefficient (Wildman–Crippen LogP) is 8.17. The highest BCUT2D eigenvalue weighted by atomic mass is 19.4. The molecule has 218 valence electrons. The standard InChI is InChI=1S/C33H35F3O5/c1-2-3-4-8-15-29(33(34,35)36)41-31(37)25-16-19-26(20-17-25)40-32(38)28-21-18-24-13-9-10-14-27(24)30(28)39-22-23-11-6-5-7-12-23/h5-7,9-14,16-17,19-20,28-30H,2-4,8,15,18,21-22H2,1H3/t28-,29-,30+/m1/s1. The number of benzene rings is 3. The summed E-state index contributed by atoms with van der Waals surface area (Å²) >= 11 is 0. The summed E-state index contributed by atoms with van der Waals surface area (Å²) in [7, 11) is 0. The van der Waals surface area contributed by atoms with Crippen LogP contribution in [0.2, 0.25) is 0 Å². The van der Waals surface area contributed by atoms with Gasteiger partial charge in [0.05, 0.1) is 24.2 Å². The number of rotatable bonds is 12. The quantitative estimate of drug-likeness (QED) is 0.125. The van der Waals surface area contributed by atoms with Gasteiger partial charge in [0.1, 0.15) is 5.75 Å². The number of fused-ring (bicyclic) bond motifs is 1. The second kappa shape index (κ2) is 14.3. The number of hydrogen-bond acceptors (Lipinski definition) is 5. The van der Waals surface area contributed by atoms with E-state index in [1.54, 1.807) is 0 Å². The van der Waals surface area contributed by atoms with Crippen LogP contribution in [0.4, 0.5) is 13.2 Å². The Kier molecular flexibility index (Phi) is 10.6. The number of alkyl halides is 3. The predicted molar refractivity (Wildman–Crippen MR) is 148 cm³/mol. The Balaban J connectivity index is 1.40. The van der Waals surface area contributed by atoms with Crippen LogP contribution in [0.25, 0.3) is 0 Å². The van der Waals surface area contributed by atoms with Gasteiger partial charge in [0, 0.05) is 0 Å². The van der Waals surface area contributed by atoms with Gasteiger partial charge in [-0.15, -0.1) is 0 Å². The molecule has 3 atom stereocenters. The Bertz CT molecular complexity index is 1270. The van der Waals surface area contributed by atoms with Crippen LogP contribution in [0, 0.1) is 5.92 Å². The lowest BCUT2D eigenvalue weighted by atomic mass is 9.81. The Hall–Kier alpha value is -3.65. The minimum atomic E-state index is -4.64. The van der Waals surface area contributed by atoms with Crippen molar-refractivity contribution in [1.29, 1.82) is 0 Å². The molecule has 0 fully saturated rings. The summed E-state index contributed by atoms with van der Waals surface area (Å²) < 4.78 is 57.0. The van der Waals surface area contributed by atoms with Crippen LogP contribution in [-0.4, -0.2) is 24.2 Å². The van der Waals surface area contributed by atoms with Gasteiger partial charge in [0.2, 0.25) is 0 Å². The van der Waals surface area contributed by atoms with Crippen molar-refractivity contribution in [3.05, 3.63) is 101 Å². The molecule has 0 unspecified atom stereocenters. The zero-order chi connectivity index (χ0) is 29.2. The van der Waals surface area contributed by atoms with Crippen LogP contribution in [0.3, 0.4) is 0 Å². The first-order valence-electron chi connectivity index (χ1n) is 14.1. The van der Waals surface area contributed by atoms with E-state index < -0.39 is 36.2 Å². The van der Waals surface area contributed by atoms with Crippen LogP contribution >= 0.6 is 0 Å². The van der Waals surface area contributed by atoms with Crippen LogP contribution < -0.4 is 4.74 Å². The van der Waals surface area contributed by atoms with Crippen molar-refractivity contribution in [1.82, 2.24) is 0 Å². The Morgan fingerprint density at radius 3 is 2.32 bits per heavy atom. The van der Waals surface area contributed by atoms with Gasteiger partial charge in [-0.1, -0.05) is 80.8 Å². The maximum absolute atomic E-state index is 13.4. The van der Waals surface area contributed by atoms with Crippen molar-refractivity contribution >= 4 is 11.9 Å². The van der Waals surface area contributed by atoms with Crippen LogP contribution in [0.1, 0.15) is 78.6 Å². The monoisotopic (exact) mass is 568 g/mol. The van der Waals surface area contributed by atoms with Crippen molar-refractivity contribution in [3.8, 4) is 5.75 Å². The number of carbonyl (C=O) groups is 2. The fourth-order valence-electron chi connectivity index (χ4n) is 5.02. The first-order valence-corrected chi connectivity index (χ1v) is 14.1. The Morgan fingerprint density at radius 2 is 1.61 bits per heavy atom. The van der Waals surface area contributed by atoms with Crippen molar-refractivity contribution < 1.29 is 37.0 Å². The molecule has 5 nitrogen and oxygen atoms in total. The average molecular weight is 569 g/mol. The van der Waals surface area contributed by atoms with Crippen LogP contribution in [0.5, 0.6) is 5.75 Å². The van der Waals surface area contributed by atoms with Crippen molar-refractivity contribution in [2.45, 2.75) is 76.9 Å². The Labute approximate surface area is 238 Å². The number of ether oxygens (including phenoxy) is 3. The minimum absolute atomic E-state index is 0.0525. The molecule has 0 N–H and O–H groups in total. The fraction of sp³-hybridized carbons (Fsp3) is 0.394. The SMILES string of the molecule is CCCCCC[C@@H](OC(=O)c1ccc(OC(=O)[C@@H]2CCc3ccccc3[C@@H]2OCc2ccccc2)cc1)C(F)(F)F. The molecule has 3 aromatic rings. The summed E-state index contributed by atoms with van der Waals surface area (Å²) in [6, 6.07) is 22.9. The van der Waals surface area contributed by atoms with Crippen molar-refractivity contribution in [2.24, 2.45) is 5.92 Å². The second-order valence-corrected chi connectivity index (χ2v) is 10.3. The highest BCUT2D eigenvalue weighted by molar-refractivity contribution is 5.89. The van der Waals surface area contributed by atoms with E-state index in [1.807, 2.05) is 61.5 Å². The molecule has 8 heteroatoms. The van der Waals surface area contributed by atoms with Crippen molar-refractivity contribution in [3.63, 3.8) is 0 Å². The summed E-state index contributed by atoms with van der Waals surface area (Å²) in [4.78, 5) is 25.8. The molecule has 0 amide bonds. The smallest absolute Gasteiger partial charge is 0.425 e. The zero-order valence-corrected chi connectivity index (χ0v) is 23.1. The number of unbranched alkanes of at least 4 members (excludes halogenated alkanes) is 3. The third-order valence-electron chi connectivity index (χ3n) is 7.27. The lowest BCUT2D eigenvalue weighted by Gasteiger charge is -2.32. The summed E-state index contributed by atoms with van der Waals surface area (Å²) in [5, 5.41) is 0. The second-order valence-electron chi connectivity index (χ2n) is 10.3. The molecular formula is C33H35F3O5. The average Bonchev–Trinajstić information content (AvgIpc) is 2.97. The van der Waals surface area contributed by atoms with E-state index in [2.05, 4.69) is 0 Å². The highest BCUT2D eigenvalue weighted by Gasteiger charge is 2.42. The molecule has 0 aromatic heterocycles. The van der Waals surface area contributed by atoms with E-state index >= 15 is 0 Å². The maximum atomic E-state index is 13.4. The zero-order valence-electron chi connectivity index (χ0n) is 23.1. The molecule has 1 aliphatic rings. The molecule has 41 heavy (non-hydrogen) atoms. The highest BCUT2D eigenvalue weighted by Crippen LogP contribution is 2.39. The normalized spacial score (nSPS) is 17.4. The molecule has 0 saturated heterocycles. The largest absolute Gasteiger partial charge is 0.449 e. The molecule has 0 radical (unpaired) electrons. The first kappa shape index (κ1) is 30.3. The molecule has 3 aromatic carbocycles. The van der Waals surface area contributed by atoms with Gasteiger partial charge in [0.25, 0.3) is 0 Å². The third-order valence-corrected chi connectivity index (χ3v) is 7.27. The van der Waals surface area contributed by atoms with Crippen molar-refractivity contribution in [2.75, 3.05) is 0 Å². The lowest BCUT2D eigenvalue weighted by molar-refractivity contribution is -0.206. The topological polar surface area (TPSA) is 61.8 Å². The molecule has 1 aliphatic carbocycles. The number of esters is 2. The molecule has 4 rings (SSSR count). The van der Waals surface area contributed by atoms with Gasteiger partial charge < -0.3 is 14.2 Å². The number of aryl methyl sites for hydroxylation is 1. The lowest BCUT2D eigenvalue weighted by Crippen LogP contribution is -2.34. The number of carbonyl (C=O) groups excluding carboxylic acids is 2. The van der Waals surface area contributed by atoms with Gasteiger partial charge in [-0.3, -0.25) is 4.79 Å². The molecule has 0 saturated carbocycles. The summed E-state index contributed by atoms with van der Waals surface area (Å²) in [6.07, 6.45) is -3.66. The van der Waals surface area contributed by atoms with E-state index in [9.17, 15) is 22.8 Å². The molecule has 0 aliphatic heterocycles.